The van der Waals surface area contributed by atoms with Crippen molar-refractivity contribution in [3.05, 3.63) is 75.0 Å². The summed E-state index contributed by atoms with van der Waals surface area (Å²) in [5.41, 5.74) is 0.666. The van der Waals surface area contributed by atoms with E-state index in [1.54, 1.807) is 18.2 Å². The standard InChI is InChI=1S/C19H13ClFN3O2/c20-12-4-7-14-16(9-12)23-18(24-19(14)26)15(10-22)17(25)8-3-11-1-5-13(21)6-2-11/h1-2,4-7,9,15H,3,8H2,(H,23,24,26)/t15-/m0/s1. The molecule has 26 heavy (non-hydrogen) atoms. The summed E-state index contributed by atoms with van der Waals surface area (Å²) < 4.78 is 12.9. The van der Waals surface area contributed by atoms with Crippen molar-refractivity contribution in [1.82, 2.24) is 9.97 Å². The lowest BCUT2D eigenvalue weighted by Crippen LogP contribution is -2.20. The van der Waals surface area contributed by atoms with Crippen LogP contribution in [0.4, 0.5) is 4.39 Å². The van der Waals surface area contributed by atoms with Gasteiger partial charge >= 0.3 is 0 Å². The fraction of sp³-hybridized carbons (Fsp3) is 0.158. The first-order valence-corrected chi connectivity index (χ1v) is 8.22. The van der Waals surface area contributed by atoms with Gasteiger partial charge in [0.1, 0.15) is 11.6 Å². The van der Waals surface area contributed by atoms with Gasteiger partial charge in [-0.15, -0.1) is 0 Å². The molecule has 0 amide bonds. The molecular formula is C19H13ClFN3O2. The van der Waals surface area contributed by atoms with E-state index in [0.717, 1.165) is 5.56 Å². The molecule has 130 valence electrons. The van der Waals surface area contributed by atoms with Gasteiger partial charge in [0, 0.05) is 11.4 Å². The van der Waals surface area contributed by atoms with Crippen LogP contribution in [-0.4, -0.2) is 15.8 Å². The number of H-pyrrole nitrogens is 1. The molecule has 0 aliphatic carbocycles. The van der Waals surface area contributed by atoms with Gasteiger partial charge < -0.3 is 4.98 Å². The Balaban J connectivity index is 1.84. The molecule has 0 radical (unpaired) electrons. The number of carbonyl (C=O) groups is 1. The molecule has 1 aromatic heterocycles. The minimum atomic E-state index is -1.19. The average Bonchev–Trinajstić information content (AvgIpc) is 2.61. The number of hydrogen-bond donors (Lipinski definition) is 1. The second-order valence-corrected chi connectivity index (χ2v) is 6.20. The fourth-order valence-corrected chi connectivity index (χ4v) is 2.78. The number of aromatic nitrogens is 2. The predicted molar refractivity (Wildman–Crippen MR) is 95.5 cm³/mol. The maximum absolute atomic E-state index is 12.9. The number of Topliss-reactive ketones (excluding diaryl/α,β-unsaturated/α-hetero) is 1. The number of nitriles is 1. The molecule has 3 aromatic rings. The zero-order valence-corrected chi connectivity index (χ0v) is 14.3. The molecule has 0 saturated carbocycles. The minimum absolute atomic E-state index is 0.00336. The zero-order valence-electron chi connectivity index (χ0n) is 13.5. The van der Waals surface area contributed by atoms with Gasteiger partial charge in [-0.05, 0) is 42.3 Å². The van der Waals surface area contributed by atoms with E-state index in [1.165, 1.54) is 24.3 Å². The molecule has 0 aliphatic rings. The molecule has 0 aliphatic heterocycles. The van der Waals surface area contributed by atoms with Crippen molar-refractivity contribution in [2.24, 2.45) is 0 Å². The molecule has 1 N–H and O–H groups in total. The van der Waals surface area contributed by atoms with Crippen LogP contribution in [0.3, 0.4) is 0 Å². The number of rotatable bonds is 5. The summed E-state index contributed by atoms with van der Waals surface area (Å²) in [6.07, 6.45) is 0.433. The number of benzene rings is 2. The summed E-state index contributed by atoms with van der Waals surface area (Å²) >= 11 is 5.92. The number of hydrogen-bond acceptors (Lipinski definition) is 4. The van der Waals surface area contributed by atoms with Gasteiger partial charge in [0.25, 0.3) is 5.56 Å². The third kappa shape index (κ3) is 3.79. The lowest BCUT2D eigenvalue weighted by atomic mass is 9.98. The lowest BCUT2D eigenvalue weighted by Gasteiger charge is -2.09. The number of carbonyl (C=O) groups excluding carboxylic acids is 1. The Hall–Kier alpha value is -3.04. The molecule has 0 fully saturated rings. The van der Waals surface area contributed by atoms with Crippen LogP contribution in [0.25, 0.3) is 10.9 Å². The number of ketones is 1. The number of nitrogens with one attached hydrogen (secondary N) is 1. The molecule has 1 atom stereocenters. The van der Waals surface area contributed by atoms with Crippen molar-refractivity contribution in [2.75, 3.05) is 0 Å². The van der Waals surface area contributed by atoms with Gasteiger partial charge in [0.05, 0.1) is 17.0 Å². The molecule has 0 unspecified atom stereocenters. The van der Waals surface area contributed by atoms with Crippen molar-refractivity contribution >= 4 is 28.3 Å². The third-order valence-electron chi connectivity index (χ3n) is 3.98. The molecule has 5 nitrogen and oxygen atoms in total. The van der Waals surface area contributed by atoms with Crippen molar-refractivity contribution in [3.8, 4) is 6.07 Å². The van der Waals surface area contributed by atoms with Gasteiger partial charge in [-0.25, -0.2) is 9.37 Å². The van der Waals surface area contributed by atoms with Crippen LogP contribution in [-0.2, 0) is 11.2 Å². The molecule has 7 heteroatoms. The van der Waals surface area contributed by atoms with Crippen LogP contribution in [0.5, 0.6) is 0 Å². The van der Waals surface area contributed by atoms with Crippen LogP contribution in [0, 0.1) is 17.1 Å². The maximum atomic E-state index is 12.9. The van der Waals surface area contributed by atoms with E-state index in [1.807, 2.05) is 6.07 Å². The average molecular weight is 370 g/mol. The highest BCUT2D eigenvalue weighted by Gasteiger charge is 2.23. The Morgan fingerprint density at radius 3 is 2.69 bits per heavy atom. The molecule has 1 heterocycles. The molecule has 0 bridgehead atoms. The smallest absolute Gasteiger partial charge is 0.258 e. The zero-order chi connectivity index (χ0) is 18.7. The van der Waals surface area contributed by atoms with E-state index in [9.17, 15) is 19.2 Å². The number of nitrogens with zero attached hydrogens (tertiary/aromatic N) is 2. The highest BCUT2D eigenvalue weighted by atomic mass is 35.5. The van der Waals surface area contributed by atoms with Gasteiger partial charge in [-0.1, -0.05) is 23.7 Å². The predicted octanol–water partition coefficient (Wildman–Crippen LogP) is 3.52. The summed E-state index contributed by atoms with van der Waals surface area (Å²) in [4.78, 5) is 31.3. The first kappa shape index (κ1) is 17.8. The summed E-state index contributed by atoms with van der Waals surface area (Å²) in [5.74, 6) is -1.92. The summed E-state index contributed by atoms with van der Waals surface area (Å²) in [6, 6.07) is 12.3. The maximum Gasteiger partial charge on any atom is 0.258 e. The van der Waals surface area contributed by atoms with Gasteiger partial charge in [0.2, 0.25) is 0 Å². The van der Waals surface area contributed by atoms with E-state index < -0.39 is 11.5 Å². The van der Waals surface area contributed by atoms with Crippen LogP contribution >= 0.6 is 11.6 Å². The number of aryl methyl sites for hydroxylation is 1. The SMILES string of the molecule is N#C[C@@H](C(=O)CCc1ccc(F)cc1)c1nc2cc(Cl)ccc2c(=O)[nH]1. The minimum Gasteiger partial charge on any atom is -0.308 e. The van der Waals surface area contributed by atoms with Gasteiger partial charge in [0.15, 0.2) is 11.7 Å². The first-order chi connectivity index (χ1) is 12.5. The first-order valence-electron chi connectivity index (χ1n) is 7.84. The summed E-state index contributed by atoms with van der Waals surface area (Å²) in [6.45, 7) is 0. The van der Waals surface area contributed by atoms with E-state index in [4.69, 9.17) is 11.6 Å². The van der Waals surface area contributed by atoms with Crippen LogP contribution in [0.15, 0.2) is 47.3 Å². The number of aromatic amines is 1. The molecule has 3 rings (SSSR count). The third-order valence-corrected chi connectivity index (χ3v) is 4.22. The van der Waals surface area contributed by atoms with Crippen molar-refractivity contribution in [3.63, 3.8) is 0 Å². The Morgan fingerprint density at radius 2 is 2.00 bits per heavy atom. The fourth-order valence-electron chi connectivity index (χ4n) is 2.62. The number of halogens is 2. The van der Waals surface area contributed by atoms with Gasteiger partial charge in [-0.3, -0.25) is 9.59 Å². The highest BCUT2D eigenvalue weighted by molar-refractivity contribution is 6.31. The lowest BCUT2D eigenvalue weighted by molar-refractivity contribution is -0.119. The van der Waals surface area contributed by atoms with E-state index >= 15 is 0 Å². The normalized spacial score (nSPS) is 11.9. The molecule has 0 saturated heterocycles. The topological polar surface area (TPSA) is 86.6 Å². The van der Waals surface area contributed by atoms with Crippen molar-refractivity contribution < 1.29 is 9.18 Å². The van der Waals surface area contributed by atoms with E-state index in [0.29, 0.717) is 22.3 Å². The largest absolute Gasteiger partial charge is 0.308 e. The molecular weight excluding hydrogens is 357 g/mol. The monoisotopic (exact) mass is 369 g/mol. The van der Waals surface area contributed by atoms with Crippen molar-refractivity contribution in [2.45, 2.75) is 18.8 Å². The quantitative estimate of drug-likeness (QED) is 0.745. The van der Waals surface area contributed by atoms with Gasteiger partial charge in [-0.2, -0.15) is 5.26 Å². The number of fused-ring (bicyclic) bond motifs is 1. The second-order valence-electron chi connectivity index (χ2n) is 5.77. The second kappa shape index (κ2) is 7.46. The highest BCUT2D eigenvalue weighted by Crippen LogP contribution is 2.19. The van der Waals surface area contributed by atoms with Crippen LogP contribution in [0.1, 0.15) is 23.7 Å². The van der Waals surface area contributed by atoms with E-state index in [2.05, 4.69) is 9.97 Å². The molecule has 2 aromatic carbocycles. The Kier molecular flexibility index (Phi) is 5.10. The Labute approximate surface area is 153 Å². The summed E-state index contributed by atoms with van der Waals surface area (Å²) in [5, 5.41) is 10.1. The molecule has 0 spiro atoms. The Bertz CT molecular complexity index is 1070. The van der Waals surface area contributed by atoms with Crippen LogP contribution in [0.2, 0.25) is 5.02 Å². The van der Waals surface area contributed by atoms with Crippen LogP contribution < -0.4 is 5.56 Å². The van der Waals surface area contributed by atoms with Crippen molar-refractivity contribution in [1.29, 1.82) is 5.26 Å². The summed E-state index contributed by atoms with van der Waals surface area (Å²) in [7, 11) is 0. The Morgan fingerprint density at radius 1 is 1.27 bits per heavy atom. The van der Waals surface area contributed by atoms with E-state index in [-0.39, 0.29) is 23.8 Å².